The monoisotopic (exact) mass is 402 g/mol. The van der Waals surface area contributed by atoms with Crippen molar-refractivity contribution in [1.82, 2.24) is 10.3 Å². The third kappa shape index (κ3) is 5.49. The number of carbonyl (C=O) groups excluding carboxylic acids is 2. The number of hydrogen-bond donors (Lipinski definition) is 2. The SMILES string of the molecule is NC(=O)c1cccnc1N1CCC[C@@H](CCC(=O)NCc2ccc(F)c(F)c2)C1. The number of carbonyl (C=O) groups is 2. The van der Waals surface area contributed by atoms with E-state index in [4.69, 9.17) is 5.73 Å². The molecule has 0 saturated carbocycles. The molecule has 1 aromatic carbocycles. The first-order valence-corrected chi connectivity index (χ1v) is 9.64. The standard InChI is InChI=1S/C21H24F2N4O2/c22-17-7-5-15(11-18(17)23)12-26-19(28)8-6-14-3-2-10-27(13-14)21-16(20(24)29)4-1-9-25-21/h1,4-5,7,9,11,14H,2-3,6,8,10,12-13H2,(H2,24,29)(H,26,28)/t14-/m0/s1. The molecule has 0 aliphatic carbocycles. The van der Waals surface area contributed by atoms with Gasteiger partial charge >= 0.3 is 0 Å². The molecule has 3 N–H and O–H groups in total. The van der Waals surface area contributed by atoms with Crippen LogP contribution >= 0.6 is 0 Å². The van der Waals surface area contributed by atoms with E-state index in [9.17, 15) is 18.4 Å². The lowest BCUT2D eigenvalue weighted by Crippen LogP contribution is -2.37. The van der Waals surface area contributed by atoms with Gasteiger partial charge in [0.25, 0.3) is 5.91 Å². The zero-order chi connectivity index (χ0) is 20.8. The Kier molecular flexibility index (Phi) is 6.74. The highest BCUT2D eigenvalue weighted by Crippen LogP contribution is 2.26. The summed E-state index contributed by atoms with van der Waals surface area (Å²) in [6.45, 7) is 1.65. The molecule has 2 heterocycles. The van der Waals surface area contributed by atoms with Crippen molar-refractivity contribution in [3.63, 3.8) is 0 Å². The van der Waals surface area contributed by atoms with Crippen molar-refractivity contribution in [3.8, 4) is 0 Å². The van der Waals surface area contributed by atoms with E-state index in [-0.39, 0.29) is 12.5 Å². The summed E-state index contributed by atoms with van der Waals surface area (Å²) < 4.78 is 26.2. The van der Waals surface area contributed by atoms with Crippen LogP contribution < -0.4 is 16.0 Å². The number of aromatic nitrogens is 1. The van der Waals surface area contributed by atoms with E-state index < -0.39 is 17.5 Å². The smallest absolute Gasteiger partial charge is 0.252 e. The lowest BCUT2D eigenvalue weighted by atomic mass is 9.93. The molecule has 1 atom stereocenters. The molecule has 0 spiro atoms. The molecule has 3 rings (SSSR count). The highest BCUT2D eigenvalue weighted by molar-refractivity contribution is 5.97. The number of pyridine rings is 1. The van der Waals surface area contributed by atoms with E-state index in [2.05, 4.69) is 10.3 Å². The topological polar surface area (TPSA) is 88.3 Å². The van der Waals surface area contributed by atoms with Crippen LogP contribution in [0.1, 0.15) is 41.6 Å². The summed E-state index contributed by atoms with van der Waals surface area (Å²) in [6, 6.07) is 6.92. The van der Waals surface area contributed by atoms with Crippen LogP contribution in [0.25, 0.3) is 0 Å². The summed E-state index contributed by atoms with van der Waals surface area (Å²) >= 11 is 0. The number of nitrogens with zero attached hydrogens (tertiary/aromatic N) is 2. The molecule has 8 heteroatoms. The third-order valence-corrected chi connectivity index (χ3v) is 5.12. The largest absolute Gasteiger partial charge is 0.365 e. The third-order valence-electron chi connectivity index (χ3n) is 5.12. The molecule has 0 bridgehead atoms. The summed E-state index contributed by atoms with van der Waals surface area (Å²) in [7, 11) is 0. The quantitative estimate of drug-likeness (QED) is 0.745. The number of nitrogens with two attached hydrogens (primary N) is 1. The van der Waals surface area contributed by atoms with Crippen molar-refractivity contribution in [2.75, 3.05) is 18.0 Å². The van der Waals surface area contributed by atoms with Crippen LogP contribution in [-0.4, -0.2) is 29.9 Å². The number of amides is 2. The number of nitrogens with one attached hydrogen (secondary N) is 1. The van der Waals surface area contributed by atoms with Crippen LogP contribution in [0.4, 0.5) is 14.6 Å². The number of rotatable bonds is 7. The van der Waals surface area contributed by atoms with Crippen molar-refractivity contribution in [2.24, 2.45) is 11.7 Å². The van der Waals surface area contributed by atoms with E-state index in [1.807, 2.05) is 4.90 Å². The molecule has 1 aromatic heterocycles. The second-order valence-corrected chi connectivity index (χ2v) is 7.26. The Balaban J connectivity index is 1.50. The average molecular weight is 402 g/mol. The fraction of sp³-hybridized carbons (Fsp3) is 0.381. The van der Waals surface area contributed by atoms with Gasteiger partial charge in [0.2, 0.25) is 5.91 Å². The molecule has 1 aliphatic heterocycles. The average Bonchev–Trinajstić information content (AvgIpc) is 2.73. The Morgan fingerprint density at radius 3 is 2.83 bits per heavy atom. The van der Waals surface area contributed by atoms with Crippen molar-refractivity contribution < 1.29 is 18.4 Å². The van der Waals surface area contributed by atoms with Gasteiger partial charge in [-0.1, -0.05) is 6.07 Å². The first kappa shape index (κ1) is 20.7. The Bertz CT molecular complexity index is 891. The lowest BCUT2D eigenvalue weighted by molar-refractivity contribution is -0.121. The van der Waals surface area contributed by atoms with Crippen LogP contribution in [-0.2, 0) is 11.3 Å². The van der Waals surface area contributed by atoms with E-state index in [0.29, 0.717) is 42.2 Å². The van der Waals surface area contributed by atoms with Gasteiger partial charge < -0.3 is 16.0 Å². The van der Waals surface area contributed by atoms with Crippen LogP contribution in [0.15, 0.2) is 36.5 Å². The van der Waals surface area contributed by atoms with E-state index >= 15 is 0 Å². The number of benzene rings is 1. The molecule has 1 fully saturated rings. The molecule has 1 aliphatic rings. The minimum atomic E-state index is -0.927. The molecule has 154 valence electrons. The van der Waals surface area contributed by atoms with Gasteiger partial charge in [-0.15, -0.1) is 0 Å². The normalized spacial score (nSPS) is 16.5. The summed E-state index contributed by atoms with van der Waals surface area (Å²) in [5, 5.41) is 2.74. The Morgan fingerprint density at radius 1 is 1.24 bits per heavy atom. The molecular weight excluding hydrogens is 378 g/mol. The fourth-order valence-corrected chi connectivity index (χ4v) is 3.61. The second kappa shape index (κ2) is 9.45. The molecule has 29 heavy (non-hydrogen) atoms. The minimum absolute atomic E-state index is 0.137. The van der Waals surface area contributed by atoms with Crippen molar-refractivity contribution >= 4 is 17.6 Å². The molecule has 6 nitrogen and oxygen atoms in total. The van der Waals surface area contributed by atoms with E-state index in [0.717, 1.165) is 31.5 Å². The summed E-state index contributed by atoms with van der Waals surface area (Å²) in [4.78, 5) is 30.2. The van der Waals surface area contributed by atoms with Crippen molar-refractivity contribution in [3.05, 3.63) is 59.3 Å². The van der Waals surface area contributed by atoms with Gasteiger partial charge in [0.1, 0.15) is 5.82 Å². The molecular formula is C21H24F2N4O2. The summed E-state index contributed by atoms with van der Waals surface area (Å²) in [5.74, 6) is -1.60. The van der Waals surface area contributed by atoms with Gasteiger partial charge in [-0.25, -0.2) is 13.8 Å². The molecule has 0 radical (unpaired) electrons. The second-order valence-electron chi connectivity index (χ2n) is 7.26. The van der Waals surface area contributed by atoms with Crippen molar-refractivity contribution in [1.29, 1.82) is 0 Å². The van der Waals surface area contributed by atoms with E-state index in [1.54, 1.807) is 18.3 Å². The number of hydrogen-bond acceptors (Lipinski definition) is 4. The van der Waals surface area contributed by atoms with Crippen LogP contribution in [0, 0.1) is 17.6 Å². The maximum Gasteiger partial charge on any atom is 0.252 e. The fourth-order valence-electron chi connectivity index (χ4n) is 3.61. The molecule has 0 unspecified atom stereocenters. The zero-order valence-electron chi connectivity index (χ0n) is 16.0. The predicted molar refractivity (Wildman–Crippen MR) is 105 cm³/mol. The van der Waals surface area contributed by atoms with E-state index in [1.165, 1.54) is 6.07 Å². The molecule has 1 saturated heterocycles. The number of halogens is 2. The first-order chi connectivity index (χ1) is 13.9. The van der Waals surface area contributed by atoms with Gasteiger partial charge in [-0.2, -0.15) is 0 Å². The molecule has 2 aromatic rings. The number of piperidine rings is 1. The highest BCUT2D eigenvalue weighted by atomic mass is 19.2. The van der Waals surface area contributed by atoms with Crippen LogP contribution in [0.3, 0.4) is 0 Å². The Hall–Kier alpha value is -3.03. The van der Waals surface area contributed by atoms with Crippen molar-refractivity contribution in [2.45, 2.75) is 32.2 Å². The predicted octanol–water partition coefficient (Wildman–Crippen LogP) is 2.77. The lowest BCUT2D eigenvalue weighted by Gasteiger charge is -2.34. The maximum atomic E-state index is 13.2. The van der Waals surface area contributed by atoms with Crippen LogP contribution in [0.5, 0.6) is 0 Å². The zero-order valence-corrected chi connectivity index (χ0v) is 16.0. The van der Waals surface area contributed by atoms with Gasteiger partial charge in [0.05, 0.1) is 5.56 Å². The van der Waals surface area contributed by atoms with Gasteiger partial charge in [0.15, 0.2) is 11.6 Å². The van der Waals surface area contributed by atoms with Gasteiger partial charge in [-0.3, -0.25) is 9.59 Å². The van der Waals surface area contributed by atoms with Crippen LogP contribution in [0.2, 0.25) is 0 Å². The minimum Gasteiger partial charge on any atom is -0.365 e. The Labute approximate surface area is 168 Å². The number of anilines is 1. The highest BCUT2D eigenvalue weighted by Gasteiger charge is 2.24. The number of primary amides is 1. The Morgan fingerprint density at radius 2 is 2.07 bits per heavy atom. The maximum absolute atomic E-state index is 13.2. The van der Waals surface area contributed by atoms with Gasteiger partial charge in [-0.05, 0) is 55.0 Å². The molecule has 2 amide bonds. The first-order valence-electron chi connectivity index (χ1n) is 9.64. The van der Waals surface area contributed by atoms with Gasteiger partial charge in [0, 0.05) is 32.3 Å². The summed E-state index contributed by atoms with van der Waals surface area (Å²) in [5.41, 5.74) is 6.36. The summed E-state index contributed by atoms with van der Waals surface area (Å²) in [6.07, 6.45) is 4.60.